The first-order chi connectivity index (χ1) is 13.7. The summed E-state index contributed by atoms with van der Waals surface area (Å²) in [5.41, 5.74) is 3.28. The van der Waals surface area contributed by atoms with Crippen LogP contribution in [0.4, 0.5) is 5.69 Å². The molecule has 0 spiro atoms. The van der Waals surface area contributed by atoms with Crippen molar-refractivity contribution in [1.29, 1.82) is 0 Å². The van der Waals surface area contributed by atoms with Gasteiger partial charge in [0.05, 0.1) is 29.9 Å². The zero-order valence-electron chi connectivity index (χ0n) is 15.4. The Labute approximate surface area is 160 Å². The quantitative estimate of drug-likeness (QED) is 0.512. The molecule has 140 valence electrons. The third kappa shape index (κ3) is 2.78. The number of rotatable bonds is 3. The number of benzene rings is 1. The van der Waals surface area contributed by atoms with Crippen LogP contribution >= 0.6 is 0 Å². The van der Waals surface area contributed by atoms with Crippen LogP contribution in [0, 0.1) is 6.57 Å². The van der Waals surface area contributed by atoms with Gasteiger partial charge in [0.1, 0.15) is 24.2 Å². The Hall–Kier alpha value is -3.38. The van der Waals surface area contributed by atoms with Gasteiger partial charge in [-0.3, -0.25) is 4.98 Å². The van der Waals surface area contributed by atoms with E-state index in [1.165, 1.54) is 0 Å². The van der Waals surface area contributed by atoms with E-state index < -0.39 is 0 Å². The zero-order chi connectivity index (χ0) is 19.1. The number of pyridine rings is 1. The maximum Gasteiger partial charge on any atom is 0.188 e. The van der Waals surface area contributed by atoms with Crippen molar-refractivity contribution < 1.29 is 4.74 Å². The van der Waals surface area contributed by atoms with Crippen LogP contribution < -0.4 is 0 Å². The molecule has 0 unspecified atom stereocenters. The Kier molecular flexibility index (Phi) is 3.98. The lowest BCUT2D eigenvalue weighted by atomic mass is 10.0. The summed E-state index contributed by atoms with van der Waals surface area (Å²) >= 11 is 0. The number of imidazole rings is 1. The van der Waals surface area contributed by atoms with Gasteiger partial charge in [0, 0.05) is 18.0 Å². The molecule has 3 aromatic heterocycles. The average molecular weight is 374 g/mol. The van der Waals surface area contributed by atoms with E-state index >= 15 is 0 Å². The van der Waals surface area contributed by atoms with Gasteiger partial charge in [-0.05, 0) is 42.3 Å². The van der Waals surface area contributed by atoms with E-state index in [-0.39, 0.29) is 12.1 Å². The van der Waals surface area contributed by atoms with E-state index in [1.54, 1.807) is 23.3 Å². The van der Waals surface area contributed by atoms with E-state index in [2.05, 4.69) is 36.8 Å². The second kappa shape index (κ2) is 6.65. The van der Waals surface area contributed by atoms with Crippen molar-refractivity contribution in [2.24, 2.45) is 0 Å². The molecule has 1 fully saturated rings. The van der Waals surface area contributed by atoms with Crippen LogP contribution in [-0.2, 0) is 11.3 Å². The van der Waals surface area contributed by atoms with E-state index in [0.29, 0.717) is 18.8 Å². The van der Waals surface area contributed by atoms with Crippen molar-refractivity contribution in [2.45, 2.75) is 38.5 Å². The summed E-state index contributed by atoms with van der Waals surface area (Å²) in [6, 6.07) is 5.85. The Bertz CT molecular complexity index is 1190. The Morgan fingerprint density at radius 1 is 1.32 bits per heavy atom. The molecule has 0 aliphatic carbocycles. The van der Waals surface area contributed by atoms with Crippen LogP contribution in [0.3, 0.4) is 0 Å². The van der Waals surface area contributed by atoms with E-state index in [1.807, 2.05) is 12.1 Å². The summed E-state index contributed by atoms with van der Waals surface area (Å²) in [5, 5.41) is 12.4. The molecule has 0 amide bonds. The second-order valence-electron chi connectivity index (χ2n) is 7.07. The van der Waals surface area contributed by atoms with Gasteiger partial charge in [-0.25, -0.2) is 14.5 Å². The number of nitrogens with zero attached hydrogens (tertiary/aromatic N) is 8. The number of fused-ring (bicyclic) bond motifs is 3. The number of hydrogen-bond acceptors (Lipinski definition) is 6. The minimum Gasteiger partial charge on any atom is -0.378 e. The van der Waals surface area contributed by atoms with Crippen LogP contribution in [0.5, 0.6) is 0 Å². The van der Waals surface area contributed by atoms with Crippen LogP contribution in [0.25, 0.3) is 26.8 Å². The van der Waals surface area contributed by atoms with Gasteiger partial charge in [0.15, 0.2) is 5.69 Å². The molecular formula is C19H18N8O. The Morgan fingerprint density at radius 3 is 3.04 bits per heavy atom. The summed E-state index contributed by atoms with van der Waals surface area (Å²) < 4.78 is 9.72. The van der Waals surface area contributed by atoms with Gasteiger partial charge in [0.2, 0.25) is 0 Å². The third-order valence-electron chi connectivity index (χ3n) is 5.22. The summed E-state index contributed by atoms with van der Waals surface area (Å²) in [6.07, 6.45) is 5.39. The van der Waals surface area contributed by atoms with E-state index in [0.717, 1.165) is 40.6 Å². The first-order valence-electron chi connectivity index (χ1n) is 9.22. The van der Waals surface area contributed by atoms with Crippen LogP contribution in [0.2, 0.25) is 0 Å². The molecule has 0 radical (unpaired) electrons. The lowest BCUT2D eigenvalue weighted by Crippen LogP contribution is -2.27. The van der Waals surface area contributed by atoms with E-state index in [9.17, 15) is 0 Å². The fraction of sp³-hybridized carbons (Fsp3) is 0.368. The molecule has 4 aromatic rings. The molecule has 2 atom stereocenters. The Balaban J connectivity index is 1.77. The normalized spacial score (nSPS) is 19.9. The second-order valence-corrected chi connectivity index (χ2v) is 7.07. The van der Waals surface area contributed by atoms with Crippen molar-refractivity contribution >= 4 is 27.6 Å². The van der Waals surface area contributed by atoms with Gasteiger partial charge in [-0.2, -0.15) is 0 Å². The number of ether oxygens (including phenoxy) is 1. The smallest absolute Gasteiger partial charge is 0.188 e. The van der Waals surface area contributed by atoms with Gasteiger partial charge < -0.3 is 9.30 Å². The monoisotopic (exact) mass is 374 g/mol. The molecule has 1 aromatic carbocycles. The Morgan fingerprint density at radius 2 is 2.25 bits per heavy atom. The minimum atomic E-state index is 0.184. The summed E-state index contributed by atoms with van der Waals surface area (Å²) in [7, 11) is 0. The first kappa shape index (κ1) is 16.8. The highest BCUT2D eigenvalue weighted by atomic mass is 16.5. The lowest BCUT2D eigenvalue weighted by molar-refractivity contribution is 0.00619. The van der Waals surface area contributed by atoms with Crippen LogP contribution in [0.15, 0.2) is 30.7 Å². The van der Waals surface area contributed by atoms with Crippen molar-refractivity contribution in [1.82, 2.24) is 34.7 Å². The zero-order valence-corrected chi connectivity index (χ0v) is 15.4. The van der Waals surface area contributed by atoms with Gasteiger partial charge >= 0.3 is 0 Å². The van der Waals surface area contributed by atoms with Gasteiger partial charge in [-0.1, -0.05) is 6.07 Å². The van der Waals surface area contributed by atoms with Crippen molar-refractivity contribution in [3.8, 4) is 0 Å². The highest BCUT2D eigenvalue weighted by Crippen LogP contribution is 2.34. The standard InChI is InChI=1S/C19H18N8O/c1-12-7-14(5-6-28-12)27-18(10-26-11-22-24-25-26)23-17-9-21-16-4-3-13(20-2)8-15(16)19(17)27/h3-4,8-9,11-12,14H,5-7,10H2,1H3/t12-,14-/m1/s1. The summed E-state index contributed by atoms with van der Waals surface area (Å²) in [6.45, 7) is 10.7. The molecule has 28 heavy (non-hydrogen) atoms. The number of aromatic nitrogens is 7. The topological polar surface area (TPSA) is 87.9 Å². The predicted molar refractivity (Wildman–Crippen MR) is 102 cm³/mol. The molecule has 0 bridgehead atoms. The summed E-state index contributed by atoms with van der Waals surface area (Å²) in [4.78, 5) is 13.0. The fourth-order valence-electron chi connectivity index (χ4n) is 3.99. The minimum absolute atomic E-state index is 0.184. The highest BCUT2D eigenvalue weighted by Gasteiger charge is 2.26. The molecular weight excluding hydrogens is 356 g/mol. The molecule has 1 aliphatic heterocycles. The molecule has 9 nitrogen and oxygen atoms in total. The maximum absolute atomic E-state index is 7.38. The molecule has 9 heteroatoms. The molecule has 0 saturated carbocycles. The van der Waals surface area contributed by atoms with Crippen LogP contribution in [-0.4, -0.2) is 47.5 Å². The fourth-order valence-corrected chi connectivity index (χ4v) is 3.99. The molecule has 4 heterocycles. The van der Waals surface area contributed by atoms with E-state index in [4.69, 9.17) is 16.3 Å². The van der Waals surface area contributed by atoms with Crippen molar-refractivity contribution in [3.63, 3.8) is 0 Å². The summed E-state index contributed by atoms with van der Waals surface area (Å²) in [5.74, 6) is 0.879. The molecule has 0 N–H and O–H groups in total. The predicted octanol–water partition coefficient (Wildman–Crippen LogP) is 2.91. The average Bonchev–Trinajstić information content (AvgIpc) is 3.35. The number of hydrogen-bond donors (Lipinski definition) is 0. The molecule has 1 saturated heterocycles. The third-order valence-corrected chi connectivity index (χ3v) is 5.22. The SMILES string of the molecule is [C-]#[N+]c1ccc2ncc3nc(Cn4cnnn4)n([C@@H]4CCO[C@H](C)C4)c3c2c1. The van der Waals surface area contributed by atoms with Crippen LogP contribution in [0.1, 0.15) is 31.6 Å². The van der Waals surface area contributed by atoms with Crippen molar-refractivity contribution in [2.75, 3.05) is 6.61 Å². The van der Waals surface area contributed by atoms with Gasteiger partial charge in [0.25, 0.3) is 0 Å². The molecule has 1 aliphatic rings. The van der Waals surface area contributed by atoms with Gasteiger partial charge in [-0.15, -0.1) is 5.10 Å². The maximum atomic E-state index is 7.38. The largest absolute Gasteiger partial charge is 0.378 e. The molecule has 5 rings (SSSR count). The highest BCUT2D eigenvalue weighted by molar-refractivity contribution is 6.03. The van der Waals surface area contributed by atoms with Crippen molar-refractivity contribution in [3.05, 3.63) is 48.0 Å². The lowest BCUT2D eigenvalue weighted by Gasteiger charge is -2.30. The number of tetrazole rings is 1. The first-order valence-corrected chi connectivity index (χ1v) is 9.22.